The number of nitrogens with zero attached hydrogens (tertiary/aromatic N) is 1. The molecule has 0 spiro atoms. The van der Waals surface area contributed by atoms with Crippen LogP contribution in [0.2, 0.25) is 0 Å². The fourth-order valence-corrected chi connectivity index (χ4v) is 4.64. The van der Waals surface area contributed by atoms with Crippen LogP contribution in [0, 0.1) is 10.1 Å². The lowest BCUT2D eigenvalue weighted by molar-refractivity contribution is -0.387. The van der Waals surface area contributed by atoms with E-state index in [1.54, 1.807) is 17.8 Å². The Morgan fingerprint density at radius 3 is 2.44 bits per heavy atom. The van der Waals surface area contributed by atoms with E-state index in [1.165, 1.54) is 17.0 Å². The first-order valence-electron chi connectivity index (χ1n) is 7.76. The Morgan fingerprint density at radius 1 is 1.20 bits per heavy atom. The van der Waals surface area contributed by atoms with Crippen molar-refractivity contribution in [2.24, 2.45) is 0 Å². The first-order valence-corrected chi connectivity index (χ1v) is 10.5. The molecule has 132 valence electrons. The Hall–Kier alpha value is -2.06. The molecule has 1 aliphatic rings. The van der Waals surface area contributed by atoms with Gasteiger partial charge in [0.25, 0.3) is 5.69 Å². The summed E-state index contributed by atoms with van der Waals surface area (Å²) < 4.78 is 23.7. The Bertz CT molecular complexity index is 894. The highest BCUT2D eigenvalue weighted by atomic mass is 32.2. The topological polar surface area (TPSA) is 89.3 Å². The van der Waals surface area contributed by atoms with Crippen molar-refractivity contribution in [3.05, 3.63) is 58.6 Å². The summed E-state index contributed by atoms with van der Waals surface area (Å²) in [7, 11) is -3.67. The molecule has 0 aliphatic heterocycles. The van der Waals surface area contributed by atoms with E-state index in [4.69, 9.17) is 0 Å². The summed E-state index contributed by atoms with van der Waals surface area (Å²) in [6, 6.07) is 14.2. The number of hydrogen-bond acceptors (Lipinski definition) is 6. The van der Waals surface area contributed by atoms with Gasteiger partial charge in [-0.3, -0.25) is 10.1 Å². The summed E-state index contributed by atoms with van der Waals surface area (Å²) in [5, 5.41) is 14.3. The summed E-state index contributed by atoms with van der Waals surface area (Å²) in [5.41, 5.74) is 0.179. The second-order valence-electron chi connectivity index (χ2n) is 6.16. The predicted molar refractivity (Wildman–Crippen MR) is 99.0 cm³/mol. The van der Waals surface area contributed by atoms with E-state index in [0.717, 1.165) is 19.1 Å². The van der Waals surface area contributed by atoms with Gasteiger partial charge in [-0.1, -0.05) is 18.2 Å². The molecule has 8 heteroatoms. The van der Waals surface area contributed by atoms with Gasteiger partial charge < -0.3 is 5.32 Å². The maximum Gasteiger partial charge on any atom is 0.288 e. The molecule has 0 heterocycles. The van der Waals surface area contributed by atoms with Crippen LogP contribution in [0.3, 0.4) is 0 Å². The van der Waals surface area contributed by atoms with E-state index in [-0.39, 0.29) is 9.64 Å². The molecule has 0 unspecified atom stereocenters. The van der Waals surface area contributed by atoms with E-state index in [2.05, 4.69) is 17.4 Å². The molecule has 25 heavy (non-hydrogen) atoms. The fraction of sp³-hybridized carbons (Fsp3) is 0.294. The third kappa shape index (κ3) is 4.32. The molecule has 0 saturated heterocycles. The van der Waals surface area contributed by atoms with E-state index in [9.17, 15) is 18.5 Å². The molecule has 2 aromatic rings. The largest absolute Gasteiger partial charge is 0.384 e. The van der Waals surface area contributed by atoms with Crippen molar-refractivity contribution in [1.82, 2.24) is 0 Å². The summed E-state index contributed by atoms with van der Waals surface area (Å²) >= 11 is 1.81. The smallest absolute Gasteiger partial charge is 0.288 e. The van der Waals surface area contributed by atoms with Crippen LogP contribution in [-0.4, -0.2) is 30.9 Å². The minimum atomic E-state index is -3.67. The van der Waals surface area contributed by atoms with Gasteiger partial charge in [0.1, 0.15) is 4.90 Å². The van der Waals surface area contributed by atoms with Crippen molar-refractivity contribution in [3.8, 4) is 0 Å². The summed E-state index contributed by atoms with van der Waals surface area (Å²) in [6.07, 6.45) is 3.13. The van der Waals surface area contributed by atoms with Crippen molar-refractivity contribution in [2.75, 3.05) is 18.1 Å². The third-order valence-corrected chi connectivity index (χ3v) is 6.68. The van der Waals surface area contributed by atoms with Crippen LogP contribution < -0.4 is 5.32 Å². The number of nitro benzene ring substituents is 1. The van der Waals surface area contributed by atoms with Crippen LogP contribution in [0.4, 0.5) is 11.4 Å². The average Bonchev–Trinajstić information content (AvgIpc) is 3.32. The van der Waals surface area contributed by atoms with Crippen LogP contribution in [0.15, 0.2) is 58.3 Å². The monoisotopic (exact) mass is 378 g/mol. The van der Waals surface area contributed by atoms with Crippen LogP contribution in [0.25, 0.3) is 0 Å². The highest BCUT2D eigenvalue weighted by Gasteiger charge is 2.43. The molecule has 0 aromatic heterocycles. The van der Waals surface area contributed by atoms with Crippen molar-refractivity contribution >= 4 is 33.0 Å². The van der Waals surface area contributed by atoms with Gasteiger partial charge in [-0.2, -0.15) is 0 Å². The zero-order valence-corrected chi connectivity index (χ0v) is 15.3. The molecular formula is C17H18N2O4S2. The number of benzene rings is 2. The molecule has 1 saturated carbocycles. The van der Waals surface area contributed by atoms with Crippen LogP contribution in [0.1, 0.15) is 12.8 Å². The zero-order valence-electron chi connectivity index (χ0n) is 13.6. The SMILES string of the molecule is CS(=O)(=O)c1cc(NCC2(Sc3ccccc3)CC2)ccc1[N+](=O)[O-]. The quantitative estimate of drug-likeness (QED) is 0.583. The van der Waals surface area contributed by atoms with Crippen molar-refractivity contribution in [2.45, 2.75) is 27.4 Å². The summed E-state index contributed by atoms with van der Waals surface area (Å²) in [6.45, 7) is 0.674. The minimum Gasteiger partial charge on any atom is -0.384 e. The van der Waals surface area contributed by atoms with E-state index >= 15 is 0 Å². The molecule has 0 amide bonds. The first kappa shape index (κ1) is 17.8. The molecule has 0 atom stereocenters. The van der Waals surface area contributed by atoms with E-state index < -0.39 is 20.4 Å². The highest BCUT2D eigenvalue weighted by molar-refractivity contribution is 8.01. The Morgan fingerprint density at radius 2 is 1.88 bits per heavy atom. The van der Waals surface area contributed by atoms with Gasteiger partial charge in [0, 0.05) is 34.2 Å². The number of hydrogen-bond donors (Lipinski definition) is 1. The lowest BCUT2D eigenvalue weighted by Crippen LogP contribution is -2.18. The fourth-order valence-electron chi connectivity index (χ4n) is 2.53. The number of nitrogens with one attached hydrogen (secondary N) is 1. The second kappa shape index (κ2) is 6.68. The molecule has 0 bridgehead atoms. The van der Waals surface area contributed by atoms with Gasteiger partial charge in [0.05, 0.1) is 4.92 Å². The lowest BCUT2D eigenvalue weighted by Gasteiger charge is -2.17. The van der Waals surface area contributed by atoms with Crippen molar-refractivity contribution < 1.29 is 13.3 Å². The minimum absolute atomic E-state index is 0.0916. The number of anilines is 1. The molecule has 1 aliphatic carbocycles. The van der Waals surface area contributed by atoms with Crippen LogP contribution in [-0.2, 0) is 9.84 Å². The molecule has 3 rings (SSSR count). The maximum absolute atomic E-state index is 11.8. The second-order valence-corrected chi connectivity index (χ2v) is 9.69. The standard InChI is InChI=1S/C17H18N2O4S2/c1-25(22,23)16-11-13(7-8-15(16)19(20)21)18-12-17(9-10-17)24-14-5-3-2-4-6-14/h2-8,11,18H,9-10,12H2,1H3. The molecule has 1 N–H and O–H groups in total. The van der Waals surface area contributed by atoms with Gasteiger partial charge in [-0.25, -0.2) is 8.42 Å². The molecule has 1 fully saturated rings. The molecule has 0 radical (unpaired) electrons. The number of sulfone groups is 1. The summed E-state index contributed by atoms with van der Waals surface area (Å²) in [4.78, 5) is 11.3. The zero-order chi connectivity index (χ0) is 18.1. The molecular weight excluding hydrogens is 360 g/mol. The number of nitro groups is 1. The number of thioether (sulfide) groups is 1. The Balaban J connectivity index is 1.74. The lowest BCUT2D eigenvalue weighted by atomic mass is 10.2. The van der Waals surface area contributed by atoms with Crippen LogP contribution in [0.5, 0.6) is 0 Å². The molecule has 2 aromatic carbocycles. The molecule has 6 nitrogen and oxygen atoms in total. The summed E-state index contributed by atoms with van der Waals surface area (Å²) in [5.74, 6) is 0. The average molecular weight is 378 g/mol. The van der Waals surface area contributed by atoms with Crippen molar-refractivity contribution in [3.63, 3.8) is 0 Å². The normalized spacial score (nSPS) is 15.6. The van der Waals surface area contributed by atoms with Crippen molar-refractivity contribution in [1.29, 1.82) is 0 Å². The van der Waals surface area contributed by atoms with Gasteiger partial charge >= 0.3 is 0 Å². The van der Waals surface area contributed by atoms with Gasteiger partial charge in [0.2, 0.25) is 0 Å². The Kier molecular flexibility index (Phi) is 4.75. The van der Waals surface area contributed by atoms with E-state index in [1.807, 2.05) is 18.2 Å². The van der Waals surface area contributed by atoms with Gasteiger partial charge in [-0.15, -0.1) is 11.8 Å². The van der Waals surface area contributed by atoms with Crippen LogP contribution >= 0.6 is 11.8 Å². The van der Waals surface area contributed by atoms with Gasteiger partial charge in [0.15, 0.2) is 9.84 Å². The number of rotatable bonds is 7. The maximum atomic E-state index is 11.8. The third-order valence-electron chi connectivity index (χ3n) is 4.06. The van der Waals surface area contributed by atoms with Gasteiger partial charge in [-0.05, 0) is 37.1 Å². The van der Waals surface area contributed by atoms with E-state index in [0.29, 0.717) is 12.2 Å². The Labute approximate surface area is 150 Å². The highest BCUT2D eigenvalue weighted by Crippen LogP contribution is 2.51. The first-order chi connectivity index (χ1) is 11.8. The predicted octanol–water partition coefficient (Wildman–Crippen LogP) is 3.74.